The Kier molecular flexibility index (Phi) is 4.02. The molecule has 0 aliphatic carbocycles. The van der Waals surface area contributed by atoms with E-state index < -0.39 is 0 Å². The van der Waals surface area contributed by atoms with Crippen LogP contribution in [0.5, 0.6) is 0 Å². The molecule has 1 N–H and O–H groups in total. The van der Waals surface area contributed by atoms with Crippen LogP contribution >= 0.6 is 0 Å². The van der Waals surface area contributed by atoms with Gasteiger partial charge in [-0.05, 0) is 31.9 Å². The van der Waals surface area contributed by atoms with Gasteiger partial charge < -0.3 is 10.2 Å². The lowest BCUT2D eigenvalue weighted by molar-refractivity contribution is -0.132. The minimum Gasteiger partial charge on any atom is -0.339 e. The zero-order valence-electron chi connectivity index (χ0n) is 11.4. The van der Waals surface area contributed by atoms with Gasteiger partial charge in [0, 0.05) is 25.2 Å². The van der Waals surface area contributed by atoms with Crippen molar-refractivity contribution >= 4 is 5.91 Å². The number of carbonyl (C=O) groups is 1. The number of hydrogen-bond acceptors (Lipinski definition) is 2. The maximum Gasteiger partial charge on any atom is 0.227 e. The molecule has 3 nitrogen and oxygen atoms in total. The Morgan fingerprint density at radius 1 is 1.28 bits per heavy atom. The highest BCUT2D eigenvalue weighted by molar-refractivity contribution is 5.79. The third-order valence-corrected chi connectivity index (χ3v) is 3.51. The highest BCUT2D eigenvalue weighted by Crippen LogP contribution is 2.11. The summed E-state index contributed by atoms with van der Waals surface area (Å²) in [7, 11) is 0. The highest BCUT2D eigenvalue weighted by Gasteiger charge is 2.24. The predicted octanol–water partition coefficient (Wildman–Crippen LogP) is 1.75. The summed E-state index contributed by atoms with van der Waals surface area (Å²) < 4.78 is 0. The Morgan fingerprint density at radius 3 is 2.50 bits per heavy atom. The van der Waals surface area contributed by atoms with E-state index in [0.717, 1.165) is 18.7 Å². The van der Waals surface area contributed by atoms with Gasteiger partial charge in [-0.15, -0.1) is 0 Å². The summed E-state index contributed by atoms with van der Waals surface area (Å²) >= 11 is 0. The van der Waals surface area contributed by atoms with Crippen LogP contribution in [-0.4, -0.2) is 36.0 Å². The standard InChI is InChI=1S/C15H22N2O/c1-11-6-4-5-7-14(11)8-15(18)17-9-12(2)16-13(3)10-17/h4-7,12-13,16H,8-10H2,1-3H3/t12-,13+. The smallest absolute Gasteiger partial charge is 0.227 e. The van der Waals surface area contributed by atoms with Gasteiger partial charge in [0.2, 0.25) is 5.91 Å². The lowest BCUT2D eigenvalue weighted by atomic mass is 10.0. The number of piperazine rings is 1. The van der Waals surface area contributed by atoms with Crippen LogP contribution in [0.4, 0.5) is 0 Å². The van der Waals surface area contributed by atoms with E-state index in [2.05, 4.69) is 32.2 Å². The summed E-state index contributed by atoms with van der Waals surface area (Å²) in [4.78, 5) is 14.3. The number of rotatable bonds is 2. The van der Waals surface area contributed by atoms with Crippen LogP contribution in [0.1, 0.15) is 25.0 Å². The van der Waals surface area contributed by atoms with Gasteiger partial charge in [-0.2, -0.15) is 0 Å². The highest BCUT2D eigenvalue weighted by atomic mass is 16.2. The van der Waals surface area contributed by atoms with E-state index >= 15 is 0 Å². The molecule has 18 heavy (non-hydrogen) atoms. The Morgan fingerprint density at radius 2 is 1.89 bits per heavy atom. The molecule has 0 unspecified atom stereocenters. The van der Waals surface area contributed by atoms with Crippen molar-refractivity contribution < 1.29 is 4.79 Å². The first-order chi connectivity index (χ1) is 8.56. The van der Waals surface area contributed by atoms with Crippen molar-refractivity contribution in [3.63, 3.8) is 0 Å². The number of hydrogen-bond donors (Lipinski definition) is 1. The molecule has 0 saturated carbocycles. The molecule has 98 valence electrons. The Balaban J connectivity index is 2.02. The first-order valence-electron chi connectivity index (χ1n) is 6.64. The zero-order chi connectivity index (χ0) is 13.1. The largest absolute Gasteiger partial charge is 0.339 e. The van der Waals surface area contributed by atoms with Gasteiger partial charge in [0.25, 0.3) is 0 Å². The maximum atomic E-state index is 12.3. The van der Waals surface area contributed by atoms with Crippen LogP contribution in [0.3, 0.4) is 0 Å². The van der Waals surface area contributed by atoms with E-state index in [4.69, 9.17) is 0 Å². The Bertz CT molecular complexity index is 420. The molecule has 1 aromatic carbocycles. The quantitative estimate of drug-likeness (QED) is 0.862. The minimum atomic E-state index is 0.240. The van der Waals surface area contributed by atoms with Crippen molar-refractivity contribution in [2.75, 3.05) is 13.1 Å². The fourth-order valence-electron chi connectivity index (χ4n) is 2.61. The zero-order valence-corrected chi connectivity index (χ0v) is 11.4. The summed E-state index contributed by atoms with van der Waals surface area (Å²) in [5.41, 5.74) is 2.34. The molecule has 1 aliphatic heterocycles. The van der Waals surface area contributed by atoms with Crippen LogP contribution in [0, 0.1) is 6.92 Å². The second-order valence-electron chi connectivity index (χ2n) is 5.37. The molecule has 0 spiro atoms. The van der Waals surface area contributed by atoms with Gasteiger partial charge in [0.05, 0.1) is 6.42 Å². The molecule has 0 aromatic heterocycles. The van der Waals surface area contributed by atoms with Gasteiger partial charge in [0.1, 0.15) is 0 Å². The minimum absolute atomic E-state index is 0.240. The van der Waals surface area contributed by atoms with Gasteiger partial charge in [-0.1, -0.05) is 24.3 Å². The van der Waals surface area contributed by atoms with E-state index in [1.807, 2.05) is 23.1 Å². The summed E-state index contributed by atoms with van der Waals surface area (Å²) in [6.45, 7) is 7.95. The number of nitrogens with zero attached hydrogens (tertiary/aromatic N) is 1. The summed E-state index contributed by atoms with van der Waals surface area (Å²) in [6, 6.07) is 8.88. The molecular formula is C15H22N2O. The monoisotopic (exact) mass is 246 g/mol. The fraction of sp³-hybridized carbons (Fsp3) is 0.533. The maximum absolute atomic E-state index is 12.3. The van der Waals surface area contributed by atoms with Crippen molar-refractivity contribution in [1.82, 2.24) is 10.2 Å². The third kappa shape index (κ3) is 3.10. The molecule has 3 heteroatoms. The van der Waals surface area contributed by atoms with Crippen molar-refractivity contribution in [3.8, 4) is 0 Å². The number of carbonyl (C=O) groups excluding carboxylic acids is 1. The molecule has 1 saturated heterocycles. The first kappa shape index (κ1) is 13.1. The predicted molar refractivity (Wildman–Crippen MR) is 73.5 cm³/mol. The summed E-state index contributed by atoms with van der Waals surface area (Å²) in [5.74, 6) is 0.240. The molecule has 0 radical (unpaired) electrons. The fourth-order valence-corrected chi connectivity index (χ4v) is 2.61. The van der Waals surface area contributed by atoms with E-state index in [9.17, 15) is 4.79 Å². The van der Waals surface area contributed by atoms with Crippen molar-refractivity contribution in [3.05, 3.63) is 35.4 Å². The van der Waals surface area contributed by atoms with Gasteiger partial charge in [-0.3, -0.25) is 4.79 Å². The number of nitrogens with one attached hydrogen (secondary N) is 1. The van der Waals surface area contributed by atoms with Crippen molar-refractivity contribution in [1.29, 1.82) is 0 Å². The Hall–Kier alpha value is -1.35. The number of aryl methyl sites for hydroxylation is 1. The average molecular weight is 246 g/mol. The second-order valence-corrected chi connectivity index (χ2v) is 5.37. The molecule has 1 heterocycles. The van der Waals surface area contributed by atoms with E-state index in [-0.39, 0.29) is 5.91 Å². The van der Waals surface area contributed by atoms with Gasteiger partial charge in [-0.25, -0.2) is 0 Å². The normalized spacial score (nSPS) is 24.1. The lowest BCUT2D eigenvalue weighted by Gasteiger charge is -2.36. The number of benzene rings is 1. The van der Waals surface area contributed by atoms with Crippen LogP contribution in [0.2, 0.25) is 0 Å². The van der Waals surface area contributed by atoms with Crippen LogP contribution in [-0.2, 0) is 11.2 Å². The first-order valence-corrected chi connectivity index (χ1v) is 6.64. The molecule has 1 aliphatic rings. The number of amides is 1. The summed E-state index contributed by atoms with van der Waals surface area (Å²) in [5, 5.41) is 3.45. The second kappa shape index (κ2) is 5.53. The average Bonchev–Trinajstić information content (AvgIpc) is 2.31. The van der Waals surface area contributed by atoms with Crippen molar-refractivity contribution in [2.24, 2.45) is 0 Å². The topological polar surface area (TPSA) is 32.3 Å². The van der Waals surface area contributed by atoms with Crippen LogP contribution < -0.4 is 5.32 Å². The van der Waals surface area contributed by atoms with Crippen LogP contribution in [0.25, 0.3) is 0 Å². The third-order valence-electron chi connectivity index (χ3n) is 3.51. The molecular weight excluding hydrogens is 224 g/mol. The molecule has 2 atom stereocenters. The van der Waals surface area contributed by atoms with Gasteiger partial charge >= 0.3 is 0 Å². The van der Waals surface area contributed by atoms with Gasteiger partial charge in [0.15, 0.2) is 0 Å². The molecule has 1 amide bonds. The van der Waals surface area contributed by atoms with Crippen molar-refractivity contribution in [2.45, 2.75) is 39.3 Å². The van der Waals surface area contributed by atoms with E-state index in [0.29, 0.717) is 18.5 Å². The Labute approximate surface area is 109 Å². The molecule has 2 rings (SSSR count). The lowest BCUT2D eigenvalue weighted by Crippen LogP contribution is -2.56. The molecule has 0 bridgehead atoms. The molecule has 1 aromatic rings. The SMILES string of the molecule is Cc1ccccc1CC(=O)N1C[C@@H](C)N[C@@H](C)C1. The molecule has 1 fully saturated rings. The summed E-state index contributed by atoms with van der Waals surface area (Å²) in [6.07, 6.45) is 0.520. The van der Waals surface area contributed by atoms with Crippen LogP contribution in [0.15, 0.2) is 24.3 Å². The van der Waals surface area contributed by atoms with E-state index in [1.54, 1.807) is 0 Å². The van der Waals surface area contributed by atoms with E-state index in [1.165, 1.54) is 5.56 Å².